The van der Waals surface area contributed by atoms with Crippen LogP contribution in [-0.2, 0) is 0 Å². The second-order valence-corrected chi connectivity index (χ2v) is 2.29. The van der Waals surface area contributed by atoms with Gasteiger partial charge in [0.2, 0.25) is 0 Å². The zero-order valence-corrected chi connectivity index (χ0v) is 8.12. The Kier molecular flexibility index (Phi) is 6.11. The third-order valence-electron chi connectivity index (χ3n) is 1.12. The topological polar surface area (TPSA) is 0 Å². The summed E-state index contributed by atoms with van der Waals surface area (Å²) >= 11 is 9.00. The van der Waals surface area contributed by atoms with Crippen LogP contribution < -0.4 is 0 Å². The van der Waals surface area contributed by atoms with Gasteiger partial charge in [0.1, 0.15) is 0 Å². The van der Waals surface area contributed by atoms with E-state index in [9.17, 15) is 8.78 Å². The molecule has 0 spiro atoms. The highest BCUT2D eigenvalue weighted by Gasteiger charge is 2.04. The molecule has 0 heterocycles. The molecule has 68 valence electrons. The van der Waals surface area contributed by atoms with Crippen LogP contribution in [0.25, 0.3) is 0 Å². The molecule has 0 aromatic heterocycles. The van der Waals surface area contributed by atoms with Crippen molar-refractivity contribution in [3.8, 4) is 0 Å². The molecule has 0 bridgehead atoms. The number of thiol groups is 1. The summed E-state index contributed by atoms with van der Waals surface area (Å²) in [5.41, 5.74) is 0.00407. The molecule has 4 heteroatoms. The third-order valence-corrected chi connectivity index (χ3v) is 1.37. The van der Waals surface area contributed by atoms with Crippen LogP contribution in [-0.4, -0.2) is 6.26 Å². The molecule has 1 aromatic carbocycles. The Hall–Kier alpha value is -0.280. The lowest BCUT2D eigenvalue weighted by Crippen LogP contribution is -1.80. The molecule has 0 atom stereocenters. The predicted molar refractivity (Wildman–Crippen MR) is 51.3 cm³/mol. The third kappa shape index (κ3) is 3.93. The van der Waals surface area contributed by atoms with E-state index in [0.29, 0.717) is 5.02 Å². The number of alkyl halides is 2. The molecular formula is C8H9ClF2S. The van der Waals surface area contributed by atoms with Crippen molar-refractivity contribution < 1.29 is 8.78 Å². The number of hydrogen-bond acceptors (Lipinski definition) is 1. The van der Waals surface area contributed by atoms with E-state index in [1.165, 1.54) is 24.3 Å². The minimum atomic E-state index is -2.41. The van der Waals surface area contributed by atoms with E-state index in [-0.39, 0.29) is 5.56 Å². The van der Waals surface area contributed by atoms with Crippen LogP contribution in [0, 0.1) is 0 Å². The SMILES string of the molecule is CS.FC(F)c1ccc(Cl)cc1. The van der Waals surface area contributed by atoms with Gasteiger partial charge in [-0.2, -0.15) is 12.6 Å². The van der Waals surface area contributed by atoms with Gasteiger partial charge in [0.05, 0.1) is 0 Å². The maximum atomic E-state index is 11.9. The standard InChI is InChI=1S/C7H5ClF2.CH4S/c8-6-3-1-5(2-4-6)7(9)10;1-2/h1-4,7H;2H,1H3. The van der Waals surface area contributed by atoms with E-state index < -0.39 is 6.43 Å². The Bertz CT molecular complexity index is 211. The second kappa shape index (κ2) is 6.26. The summed E-state index contributed by atoms with van der Waals surface area (Å²) in [5.74, 6) is 0. The summed E-state index contributed by atoms with van der Waals surface area (Å²) in [4.78, 5) is 0. The fraction of sp³-hybridized carbons (Fsp3) is 0.250. The van der Waals surface area contributed by atoms with Crippen molar-refractivity contribution in [1.29, 1.82) is 0 Å². The van der Waals surface area contributed by atoms with Crippen molar-refractivity contribution in [3.05, 3.63) is 34.9 Å². The van der Waals surface area contributed by atoms with E-state index in [2.05, 4.69) is 12.6 Å². The summed E-state index contributed by atoms with van der Waals surface area (Å²) in [7, 11) is 0. The molecule has 0 amide bonds. The monoisotopic (exact) mass is 210 g/mol. The van der Waals surface area contributed by atoms with Gasteiger partial charge in [-0.1, -0.05) is 23.7 Å². The molecule has 12 heavy (non-hydrogen) atoms. The van der Waals surface area contributed by atoms with Gasteiger partial charge in [-0.05, 0) is 18.4 Å². The van der Waals surface area contributed by atoms with Crippen LogP contribution in [0.3, 0.4) is 0 Å². The molecule has 0 fully saturated rings. The Balaban J connectivity index is 0.000000561. The lowest BCUT2D eigenvalue weighted by atomic mass is 10.2. The number of benzene rings is 1. The van der Waals surface area contributed by atoms with Crippen LogP contribution in [0.15, 0.2) is 24.3 Å². The van der Waals surface area contributed by atoms with Crippen molar-refractivity contribution in [2.24, 2.45) is 0 Å². The molecule has 0 radical (unpaired) electrons. The first-order chi connectivity index (χ1) is 5.70. The highest BCUT2D eigenvalue weighted by atomic mass is 35.5. The molecule has 0 N–H and O–H groups in total. The molecule has 0 unspecified atom stereocenters. The van der Waals surface area contributed by atoms with Crippen molar-refractivity contribution >= 4 is 24.2 Å². The minimum absolute atomic E-state index is 0.00407. The Labute approximate surface area is 81.0 Å². The van der Waals surface area contributed by atoms with Crippen LogP contribution >= 0.6 is 24.2 Å². The molecule has 1 rings (SSSR count). The summed E-state index contributed by atoms with van der Waals surface area (Å²) in [6.07, 6.45) is -0.711. The van der Waals surface area contributed by atoms with Gasteiger partial charge < -0.3 is 0 Å². The molecule has 0 saturated carbocycles. The van der Waals surface area contributed by atoms with Crippen LogP contribution in [0.4, 0.5) is 8.78 Å². The summed E-state index contributed by atoms with van der Waals surface area (Å²) in [6.45, 7) is 0. The zero-order valence-electron chi connectivity index (χ0n) is 6.47. The summed E-state index contributed by atoms with van der Waals surface area (Å²) in [5, 5.41) is 0.476. The molecule has 1 aromatic rings. The van der Waals surface area contributed by atoms with E-state index in [0.717, 1.165) is 0 Å². The molecule has 0 saturated heterocycles. The van der Waals surface area contributed by atoms with Crippen LogP contribution in [0.2, 0.25) is 5.02 Å². The average molecular weight is 211 g/mol. The largest absolute Gasteiger partial charge is 0.263 e. The Morgan fingerprint density at radius 2 is 1.58 bits per heavy atom. The average Bonchev–Trinajstić information content (AvgIpc) is 2.09. The molecule has 0 aliphatic rings. The molecule has 0 aliphatic heterocycles. The highest BCUT2D eigenvalue weighted by molar-refractivity contribution is 7.79. The molecule has 0 aliphatic carbocycles. The number of rotatable bonds is 1. The van der Waals surface area contributed by atoms with Crippen molar-refractivity contribution in [1.82, 2.24) is 0 Å². The van der Waals surface area contributed by atoms with Crippen molar-refractivity contribution in [3.63, 3.8) is 0 Å². The normalized spacial score (nSPS) is 9.17. The maximum absolute atomic E-state index is 11.9. The minimum Gasteiger partial charge on any atom is -0.205 e. The van der Waals surface area contributed by atoms with Gasteiger partial charge in [-0.25, -0.2) is 8.78 Å². The predicted octanol–water partition coefficient (Wildman–Crippen LogP) is 3.82. The van der Waals surface area contributed by atoms with E-state index >= 15 is 0 Å². The van der Waals surface area contributed by atoms with E-state index in [1.807, 2.05) is 0 Å². The van der Waals surface area contributed by atoms with E-state index in [4.69, 9.17) is 11.6 Å². The summed E-state index contributed by atoms with van der Waals surface area (Å²) in [6, 6.07) is 5.52. The van der Waals surface area contributed by atoms with Crippen molar-refractivity contribution in [2.75, 3.05) is 6.26 Å². The van der Waals surface area contributed by atoms with E-state index in [1.54, 1.807) is 6.26 Å². The zero-order chi connectivity index (χ0) is 9.56. The van der Waals surface area contributed by atoms with Crippen LogP contribution in [0.5, 0.6) is 0 Å². The first-order valence-corrected chi connectivity index (χ1v) is 4.46. The lowest BCUT2D eigenvalue weighted by Gasteiger charge is -1.96. The lowest BCUT2D eigenvalue weighted by molar-refractivity contribution is 0.151. The van der Waals surface area contributed by atoms with Gasteiger partial charge in [-0.15, -0.1) is 0 Å². The van der Waals surface area contributed by atoms with Gasteiger partial charge in [-0.3, -0.25) is 0 Å². The first kappa shape index (κ1) is 11.7. The fourth-order valence-electron chi connectivity index (χ4n) is 0.608. The highest BCUT2D eigenvalue weighted by Crippen LogP contribution is 2.19. The number of hydrogen-bond donors (Lipinski definition) is 1. The first-order valence-electron chi connectivity index (χ1n) is 3.18. The summed E-state index contributed by atoms with van der Waals surface area (Å²) < 4.78 is 23.7. The number of halogens is 3. The van der Waals surface area contributed by atoms with Gasteiger partial charge in [0.25, 0.3) is 6.43 Å². The van der Waals surface area contributed by atoms with Gasteiger partial charge in [0.15, 0.2) is 0 Å². The molecular weight excluding hydrogens is 202 g/mol. The maximum Gasteiger partial charge on any atom is 0.263 e. The van der Waals surface area contributed by atoms with Crippen molar-refractivity contribution in [2.45, 2.75) is 6.43 Å². The van der Waals surface area contributed by atoms with Gasteiger partial charge >= 0.3 is 0 Å². The Morgan fingerprint density at radius 1 is 1.17 bits per heavy atom. The molecule has 0 nitrogen and oxygen atoms in total. The van der Waals surface area contributed by atoms with Gasteiger partial charge in [0, 0.05) is 10.6 Å². The smallest absolute Gasteiger partial charge is 0.205 e. The fourth-order valence-corrected chi connectivity index (χ4v) is 0.734. The van der Waals surface area contributed by atoms with Crippen LogP contribution in [0.1, 0.15) is 12.0 Å². The Morgan fingerprint density at radius 3 is 1.92 bits per heavy atom. The quantitative estimate of drug-likeness (QED) is 0.670. The second-order valence-electron chi connectivity index (χ2n) is 1.85.